The number of alkyl halides is 3. The Bertz CT molecular complexity index is 595. The Kier molecular flexibility index (Phi) is 5.35. The molecule has 2 saturated carbocycles. The van der Waals surface area contributed by atoms with Crippen molar-refractivity contribution in [2.45, 2.75) is 63.5 Å². The molecule has 1 aromatic carbocycles. The fourth-order valence-corrected chi connectivity index (χ4v) is 4.76. The van der Waals surface area contributed by atoms with Gasteiger partial charge in [-0.2, -0.15) is 0 Å². The maximum absolute atomic E-state index is 14.9. The van der Waals surface area contributed by atoms with Crippen molar-refractivity contribution in [1.29, 1.82) is 0 Å². The molecule has 0 heterocycles. The van der Waals surface area contributed by atoms with Gasteiger partial charge in [0.25, 0.3) is 0 Å². The third-order valence-electron chi connectivity index (χ3n) is 5.90. The first-order valence-corrected chi connectivity index (χ1v) is 8.90. The van der Waals surface area contributed by atoms with Crippen LogP contribution in [-0.2, 0) is 0 Å². The van der Waals surface area contributed by atoms with Crippen LogP contribution in [0, 0.1) is 35.2 Å². The average Bonchev–Trinajstić information content (AvgIpc) is 2.84. The summed E-state index contributed by atoms with van der Waals surface area (Å²) in [4.78, 5) is 0. The van der Waals surface area contributed by atoms with E-state index in [9.17, 15) is 26.3 Å². The van der Waals surface area contributed by atoms with Gasteiger partial charge in [-0.15, -0.1) is 0 Å². The molecule has 7 unspecified atom stereocenters. The lowest BCUT2D eigenvalue weighted by Gasteiger charge is -2.23. The number of hydrogen-bond acceptors (Lipinski definition) is 0. The van der Waals surface area contributed by atoms with Crippen LogP contribution < -0.4 is 0 Å². The Morgan fingerprint density at radius 2 is 1.52 bits per heavy atom. The lowest BCUT2D eigenvalue weighted by atomic mass is 9.88. The molecule has 25 heavy (non-hydrogen) atoms. The molecule has 1 aromatic rings. The second kappa shape index (κ2) is 7.20. The van der Waals surface area contributed by atoms with Gasteiger partial charge >= 0.3 is 0 Å². The van der Waals surface area contributed by atoms with E-state index in [2.05, 4.69) is 0 Å². The molecule has 2 aliphatic carbocycles. The van der Waals surface area contributed by atoms with Crippen LogP contribution in [0.25, 0.3) is 0 Å². The van der Waals surface area contributed by atoms with Crippen LogP contribution in [0.5, 0.6) is 0 Å². The van der Waals surface area contributed by atoms with Crippen LogP contribution in [0.3, 0.4) is 0 Å². The van der Waals surface area contributed by atoms with Crippen LogP contribution in [0.4, 0.5) is 26.3 Å². The van der Waals surface area contributed by atoms with E-state index in [1.54, 1.807) is 0 Å². The highest BCUT2D eigenvalue weighted by Crippen LogP contribution is 2.52. The highest BCUT2D eigenvalue weighted by atomic mass is 19.2. The molecule has 3 rings (SSSR count). The summed E-state index contributed by atoms with van der Waals surface area (Å²) in [6.45, 7) is 1.94. The summed E-state index contributed by atoms with van der Waals surface area (Å²) in [5.74, 6) is -7.49. The quantitative estimate of drug-likeness (QED) is 0.453. The van der Waals surface area contributed by atoms with Crippen molar-refractivity contribution in [3.63, 3.8) is 0 Å². The summed E-state index contributed by atoms with van der Waals surface area (Å²) in [5, 5.41) is 0. The smallest absolute Gasteiger partial charge is 0.194 e. The first-order chi connectivity index (χ1) is 11.8. The van der Waals surface area contributed by atoms with Crippen LogP contribution in [-0.4, -0.2) is 18.5 Å². The molecule has 140 valence electrons. The van der Waals surface area contributed by atoms with Crippen molar-refractivity contribution >= 4 is 0 Å². The van der Waals surface area contributed by atoms with Gasteiger partial charge in [-0.1, -0.05) is 19.8 Å². The summed E-state index contributed by atoms with van der Waals surface area (Å²) in [6.07, 6.45) is -2.72. The average molecular weight is 364 g/mol. The van der Waals surface area contributed by atoms with Crippen LogP contribution in [0.15, 0.2) is 12.1 Å². The Morgan fingerprint density at radius 1 is 0.920 bits per heavy atom. The third-order valence-corrected chi connectivity index (χ3v) is 5.90. The number of halogens is 6. The Labute approximate surface area is 143 Å². The number of fused-ring (bicyclic) bond motifs is 1. The van der Waals surface area contributed by atoms with Crippen LogP contribution >= 0.6 is 0 Å². The molecule has 0 N–H and O–H groups in total. The predicted molar refractivity (Wildman–Crippen MR) is 83.0 cm³/mol. The molecule has 6 heteroatoms. The maximum atomic E-state index is 14.9. The van der Waals surface area contributed by atoms with Gasteiger partial charge in [0.15, 0.2) is 17.5 Å². The third kappa shape index (κ3) is 3.41. The molecule has 2 aliphatic rings. The lowest BCUT2D eigenvalue weighted by Crippen LogP contribution is -2.30. The molecule has 0 aliphatic heterocycles. The topological polar surface area (TPSA) is 0 Å². The molecular formula is C19H22F6. The van der Waals surface area contributed by atoms with E-state index < -0.39 is 53.7 Å². The highest BCUT2D eigenvalue weighted by Gasteiger charge is 2.53. The second-order valence-corrected chi connectivity index (χ2v) is 7.48. The van der Waals surface area contributed by atoms with Gasteiger partial charge in [-0.05, 0) is 48.8 Å². The minimum absolute atomic E-state index is 0.0171. The Morgan fingerprint density at radius 3 is 2.12 bits per heavy atom. The summed E-state index contributed by atoms with van der Waals surface area (Å²) in [5.41, 5.74) is -0.0681. The lowest BCUT2D eigenvalue weighted by molar-refractivity contribution is 0.0880. The molecule has 0 aromatic heterocycles. The standard InChI is InChI=1S/C19H22F6/c1-2-3-9-4-13(20)12-8-11(18(24)17(12)14(21)5-9)10-6-15(22)19(25)16(23)7-10/h6-7,9,11-14,17-18H,2-5,8H2,1H3. The van der Waals surface area contributed by atoms with Crippen molar-refractivity contribution < 1.29 is 26.3 Å². The SMILES string of the molecule is CCCC1CC(F)C2CC(c3cc(F)c(F)c(F)c3)C(F)C2C(F)C1. The van der Waals surface area contributed by atoms with E-state index in [1.165, 1.54) is 0 Å². The molecule has 0 amide bonds. The van der Waals surface area contributed by atoms with Crippen molar-refractivity contribution in [3.8, 4) is 0 Å². The first kappa shape index (κ1) is 18.6. The zero-order valence-corrected chi connectivity index (χ0v) is 14.0. The summed E-state index contributed by atoms with van der Waals surface area (Å²) < 4.78 is 84.4. The molecule has 0 spiro atoms. The summed E-state index contributed by atoms with van der Waals surface area (Å²) >= 11 is 0. The van der Waals surface area contributed by atoms with Gasteiger partial charge in [-0.3, -0.25) is 0 Å². The summed E-state index contributed by atoms with van der Waals surface area (Å²) in [6, 6.07) is 1.47. The zero-order valence-electron chi connectivity index (χ0n) is 14.0. The number of rotatable bonds is 3. The molecule has 0 saturated heterocycles. The van der Waals surface area contributed by atoms with Crippen LogP contribution in [0.1, 0.15) is 50.5 Å². The van der Waals surface area contributed by atoms with Gasteiger partial charge < -0.3 is 0 Å². The monoisotopic (exact) mass is 364 g/mol. The zero-order chi connectivity index (χ0) is 18.3. The van der Waals surface area contributed by atoms with Gasteiger partial charge in [-0.25, -0.2) is 26.3 Å². The largest absolute Gasteiger partial charge is 0.247 e. The number of hydrogen-bond donors (Lipinski definition) is 0. The molecule has 2 fully saturated rings. The molecule has 0 bridgehead atoms. The van der Waals surface area contributed by atoms with E-state index >= 15 is 0 Å². The first-order valence-electron chi connectivity index (χ1n) is 8.90. The van der Waals surface area contributed by atoms with Gasteiger partial charge in [0, 0.05) is 11.8 Å². The number of benzene rings is 1. The molecular weight excluding hydrogens is 342 g/mol. The van der Waals surface area contributed by atoms with Crippen molar-refractivity contribution in [2.75, 3.05) is 0 Å². The second-order valence-electron chi connectivity index (χ2n) is 7.48. The van der Waals surface area contributed by atoms with Gasteiger partial charge in [0.05, 0.1) is 0 Å². The Hall–Kier alpha value is -1.20. The van der Waals surface area contributed by atoms with E-state index in [4.69, 9.17) is 0 Å². The van der Waals surface area contributed by atoms with Gasteiger partial charge in [0.1, 0.15) is 18.5 Å². The van der Waals surface area contributed by atoms with E-state index in [0.717, 1.165) is 18.6 Å². The normalized spacial score (nSPS) is 38.4. The van der Waals surface area contributed by atoms with E-state index in [0.29, 0.717) is 6.42 Å². The minimum Gasteiger partial charge on any atom is -0.247 e. The van der Waals surface area contributed by atoms with Crippen molar-refractivity contribution in [2.24, 2.45) is 17.8 Å². The fraction of sp³-hybridized carbons (Fsp3) is 0.684. The Balaban J connectivity index is 1.87. The van der Waals surface area contributed by atoms with Crippen LogP contribution in [0.2, 0.25) is 0 Å². The highest BCUT2D eigenvalue weighted by molar-refractivity contribution is 5.27. The van der Waals surface area contributed by atoms with Crippen molar-refractivity contribution in [3.05, 3.63) is 35.1 Å². The molecule has 0 nitrogen and oxygen atoms in total. The molecule has 7 atom stereocenters. The maximum Gasteiger partial charge on any atom is 0.194 e. The summed E-state index contributed by atoms with van der Waals surface area (Å²) in [7, 11) is 0. The van der Waals surface area contributed by atoms with E-state index in [1.807, 2.05) is 6.92 Å². The van der Waals surface area contributed by atoms with Crippen molar-refractivity contribution in [1.82, 2.24) is 0 Å². The minimum atomic E-state index is -1.73. The van der Waals surface area contributed by atoms with Gasteiger partial charge in [0.2, 0.25) is 0 Å². The van der Waals surface area contributed by atoms with E-state index in [-0.39, 0.29) is 30.7 Å². The molecule has 0 radical (unpaired) electrons. The predicted octanol–water partition coefficient (Wildman–Crippen LogP) is 6.05. The fourth-order valence-electron chi connectivity index (χ4n) is 4.76.